The smallest absolute Gasteiger partial charge is 0.269 e. The largest absolute Gasteiger partial charge is 0.378 e. The predicted molar refractivity (Wildman–Crippen MR) is 90.3 cm³/mol. The minimum absolute atomic E-state index is 0.0801. The summed E-state index contributed by atoms with van der Waals surface area (Å²) in [6.45, 7) is 3.15. The quantitative estimate of drug-likeness (QED) is 0.547. The summed E-state index contributed by atoms with van der Waals surface area (Å²) >= 11 is 0. The lowest BCUT2D eigenvalue weighted by Gasteiger charge is -2.29. The number of ether oxygens (including phenoxy) is 1. The lowest BCUT2D eigenvalue weighted by atomic mass is 10.1. The normalized spacial score (nSPS) is 14.9. The summed E-state index contributed by atoms with van der Waals surface area (Å²) in [7, 11) is 0. The Labute approximate surface area is 138 Å². The number of fused-ring (bicyclic) bond motifs is 1. The molecule has 0 amide bonds. The van der Waals surface area contributed by atoms with Crippen LogP contribution in [0.1, 0.15) is 0 Å². The van der Waals surface area contributed by atoms with E-state index in [0.717, 1.165) is 49.0 Å². The second kappa shape index (κ2) is 5.93. The fourth-order valence-corrected chi connectivity index (χ4v) is 2.94. The Balaban J connectivity index is 1.73. The minimum atomic E-state index is -0.399. The van der Waals surface area contributed by atoms with Gasteiger partial charge in [0.1, 0.15) is 11.5 Å². The monoisotopic (exact) mass is 324 g/mol. The molecule has 0 N–H and O–H groups in total. The van der Waals surface area contributed by atoms with E-state index in [1.807, 2.05) is 18.3 Å². The van der Waals surface area contributed by atoms with Crippen molar-refractivity contribution in [3.05, 3.63) is 58.8 Å². The summed E-state index contributed by atoms with van der Waals surface area (Å²) in [6.07, 6.45) is 1.97. The molecule has 1 fully saturated rings. The minimum Gasteiger partial charge on any atom is -0.378 e. The zero-order valence-electron chi connectivity index (χ0n) is 13.0. The van der Waals surface area contributed by atoms with Crippen LogP contribution in [0.5, 0.6) is 0 Å². The summed E-state index contributed by atoms with van der Waals surface area (Å²) in [5.41, 5.74) is 2.59. The molecular formula is C17H16N4O3. The van der Waals surface area contributed by atoms with Crippen LogP contribution >= 0.6 is 0 Å². The second-order valence-electron chi connectivity index (χ2n) is 5.64. The van der Waals surface area contributed by atoms with E-state index < -0.39 is 4.92 Å². The van der Waals surface area contributed by atoms with Gasteiger partial charge in [-0.3, -0.25) is 14.5 Å². The number of hydrogen-bond acceptors (Lipinski definition) is 5. The summed E-state index contributed by atoms with van der Waals surface area (Å²) in [5, 5.41) is 10.8. The fraction of sp³-hybridized carbons (Fsp3) is 0.235. The molecule has 0 saturated carbocycles. The van der Waals surface area contributed by atoms with Gasteiger partial charge in [-0.1, -0.05) is 6.07 Å². The topological polar surface area (TPSA) is 72.9 Å². The first-order valence-corrected chi connectivity index (χ1v) is 7.78. The molecule has 7 nitrogen and oxygen atoms in total. The number of nitro benzene ring substituents is 1. The average Bonchev–Trinajstić information content (AvgIpc) is 3.06. The number of aromatic nitrogens is 2. The molecule has 122 valence electrons. The molecule has 0 spiro atoms. The number of hydrogen-bond donors (Lipinski definition) is 0. The molecule has 1 aliphatic rings. The molecule has 0 unspecified atom stereocenters. The maximum absolute atomic E-state index is 10.8. The van der Waals surface area contributed by atoms with E-state index in [1.54, 1.807) is 12.1 Å². The van der Waals surface area contributed by atoms with Crippen LogP contribution in [0.15, 0.2) is 48.7 Å². The number of non-ortho nitro benzene ring substituents is 1. The van der Waals surface area contributed by atoms with Crippen LogP contribution in [0.3, 0.4) is 0 Å². The Bertz CT molecular complexity index is 882. The molecule has 24 heavy (non-hydrogen) atoms. The Hall–Kier alpha value is -2.93. The highest BCUT2D eigenvalue weighted by atomic mass is 16.6. The van der Waals surface area contributed by atoms with E-state index in [0.29, 0.717) is 0 Å². The van der Waals surface area contributed by atoms with E-state index >= 15 is 0 Å². The third kappa shape index (κ3) is 2.59. The average molecular weight is 324 g/mol. The van der Waals surface area contributed by atoms with Crippen LogP contribution in [0, 0.1) is 10.1 Å². The van der Waals surface area contributed by atoms with E-state index in [-0.39, 0.29) is 5.69 Å². The highest BCUT2D eigenvalue weighted by Crippen LogP contribution is 2.25. The van der Waals surface area contributed by atoms with Crippen molar-refractivity contribution in [1.82, 2.24) is 9.38 Å². The Morgan fingerprint density at radius 2 is 1.83 bits per heavy atom. The molecule has 1 aromatic carbocycles. The SMILES string of the molecule is O=[N+]([O-])c1ccc(-c2cn3c(N4CCOCC4)cccc3n2)cc1. The number of anilines is 1. The lowest BCUT2D eigenvalue weighted by Crippen LogP contribution is -2.37. The first kappa shape index (κ1) is 14.6. The lowest BCUT2D eigenvalue weighted by molar-refractivity contribution is -0.384. The van der Waals surface area contributed by atoms with Crippen molar-refractivity contribution >= 4 is 17.2 Å². The van der Waals surface area contributed by atoms with Gasteiger partial charge in [0, 0.05) is 37.0 Å². The van der Waals surface area contributed by atoms with Crippen LogP contribution in [-0.2, 0) is 4.74 Å². The van der Waals surface area contributed by atoms with Crippen molar-refractivity contribution in [2.45, 2.75) is 0 Å². The van der Waals surface area contributed by atoms with Gasteiger partial charge in [0.05, 0.1) is 23.8 Å². The molecule has 3 aromatic rings. The summed E-state index contributed by atoms with van der Waals surface area (Å²) < 4.78 is 7.47. The highest BCUT2D eigenvalue weighted by Gasteiger charge is 2.15. The molecule has 4 rings (SSSR count). The van der Waals surface area contributed by atoms with Crippen LogP contribution in [0.2, 0.25) is 0 Å². The van der Waals surface area contributed by atoms with Crippen LogP contribution in [0.25, 0.3) is 16.9 Å². The van der Waals surface area contributed by atoms with E-state index in [4.69, 9.17) is 4.74 Å². The molecular weight excluding hydrogens is 308 g/mol. The first-order chi connectivity index (χ1) is 11.7. The van der Waals surface area contributed by atoms with Gasteiger partial charge in [-0.15, -0.1) is 0 Å². The molecule has 0 aliphatic carbocycles. The van der Waals surface area contributed by atoms with Crippen molar-refractivity contribution in [2.75, 3.05) is 31.2 Å². The van der Waals surface area contributed by atoms with Crippen molar-refractivity contribution < 1.29 is 9.66 Å². The van der Waals surface area contributed by atoms with Crippen LogP contribution in [-0.4, -0.2) is 40.6 Å². The molecule has 0 bridgehead atoms. The van der Waals surface area contributed by atoms with Gasteiger partial charge >= 0.3 is 0 Å². The number of benzene rings is 1. The number of morpholine rings is 1. The molecule has 7 heteroatoms. The number of rotatable bonds is 3. The molecule has 0 atom stereocenters. The Morgan fingerprint density at radius 1 is 1.08 bits per heavy atom. The number of imidazole rings is 1. The van der Waals surface area contributed by atoms with Crippen LogP contribution < -0.4 is 4.90 Å². The summed E-state index contributed by atoms with van der Waals surface area (Å²) in [6, 6.07) is 12.5. The predicted octanol–water partition coefficient (Wildman–Crippen LogP) is 2.75. The first-order valence-electron chi connectivity index (χ1n) is 7.78. The number of nitrogens with zero attached hydrogens (tertiary/aromatic N) is 4. The zero-order chi connectivity index (χ0) is 16.5. The molecule has 3 heterocycles. The summed E-state index contributed by atoms with van der Waals surface area (Å²) in [5.74, 6) is 1.08. The maximum Gasteiger partial charge on any atom is 0.269 e. The van der Waals surface area contributed by atoms with Gasteiger partial charge in [0.2, 0.25) is 0 Å². The van der Waals surface area contributed by atoms with Crippen molar-refractivity contribution in [1.29, 1.82) is 0 Å². The Morgan fingerprint density at radius 3 is 2.54 bits per heavy atom. The third-order valence-corrected chi connectivity index (χ3v) is 4.18. The van der Waals surface area contributed by atoms with Gasteiger partial charge < -0.3 is 9.64 Å². The molecule has 0 radical (unpaired) electrons. The van der Waals surface area contributed by atoms with Gasteiger partial charge in [-0.05, 0) is 24.3 Å². The van der Waals surface area contributed by atoms with E-state index in [9.17, 15) is 10.1 Å². The summed E-state index contributed by atoms with van der Waals surface area (Å²) in [4.78, 5) is 17.3. The van der Waals surface area contributed by atoms with Crippen molar-refractivity contribution in [2.24, 2.45) is 0 Å². The molecule has 2 aromatic heterocycles. The number of pyridine rings is 1. The van der Waals surface area contributed by atoms with Gasteiger partial charge in [-0.2, -0.15) is 0 Å². The maximum atomic E-state index is 10.8. The van der Waals surface area contributed by atoms with E-state index in [1.165, 1.54) is 12.1 Å². The second-order valence-corrected chi connectivity index (χ2v) is 5.64. The molecule has 1 aliphatic heterocycles. The fourth-order valence-electron chi connectivity index (χ4n) is 2.94. The van der Waals surface area contributed by atoms with Crippen molar-refractivity contribution in [3.8, 4) is 11.3 Å². The van der Waals surface area contributed by atoms with E-state index in [2.05, 4.69) is 20.4 Å². The number of nitro groups is 1. The Kier molecular flexibility index (Phi) is 3.62. The highest BCUT2D eigenvalue weighted by molar-refractivity contribution is 5.66. The zero-order valence-corrected chi connectivity index (χ0v) is 13.0. The molecule has 1 saturated heterocycles. The standard InChI is InChI=1S/C17H16N4O3/c22-21(23)14-6-4-13(5-7-14)15-12-20-16(18-15)2-1-3-17(20)19-8-10-24-11-9-19/h1-7,12H,8-11H2. The van der Waals surface area contributed by atoms with Crippen LogP contribution in [0.4, 0.5) is 11.5 Å². The van der Waals surface area contributed by atoms with Gasteiger partial charge in [0.25, 0.3) is 5.69 Å². The van der Waals surface area contributed by atoms with Crippen molar-refractivity contribution in [3.63, 3.8) is 0 Å². The third-order valence-electron chi connectivity index (χ3n) is 4.18. The van der Waals surface area contributed by atoms with Gasteiger partial charge in [-0.25, -0.2) is 4.98 Å². The van der Waals surface area contributed by atoms with Gasteiger partial charge in [0.15, 0.2) is 0 Å².